The molecule has 0 amide bonds. The quantitative estimate of drug-likeness (QED) is 0.684. The number of para-hydroxylation sites is 1. The highest BCUT2D eigenvalue weighted by molar-refractivity contribution is 6.30. The molecule has 2 aromatic carbocycles. The fraction of sp³-hybridized carbons (Fsp3) is 0.0625. The Morgan fingerprint density at radius 3 is 2.48 bits per heavy atom. The lowest BCUT2D eigenvalue weighted by Crippen LogP contribution is -1.94. The van der Waals surface area contributed by atoms with Crippen LogP contribution in [0.4, 0.5) is 5.69 Å². The molecule has 104 valence electrons. The van der Waals surface area contributed by atoms with Gasteiger partial charge in [0.05, 0.1) is 23.3 Å². The zero-order chi connectivity index (χ0) is 14.7. The highest BCUT2D eigenvalue weighted by Crippen LogP contribution is 2.14. The van der Waals surface area contributed by atoms with Gasteiger partial charge in [-0.3, -0.25) is 4.99 Å². The van der Waals surface area contributed by atoms with Crippen molar-refractivity contribution < 1.29 is 0 Å². The number of hydrogen-bond acceptors (Lipinski definition) is 3. The fourth-order valence-electron chi connectivity index (χ4n) is 1.90. The van der Waals surface area contributed by atoms with Gasteiger partial charge in [0, 0.05) is 5.02 Å². The number of hydrogen-bond donors (Lipinski definition) is 0. The predicted molar refractivity (Wildman–Crippen MR) is 84.7 cm³/mol. The minimum absolute atomic E-state index is 0.695. The number of benzene rings is 2. The standard InChI is InChI=1S/C16H13ClN4/c1-12(18-14-5-3-2-4-6-14)16-11-21(20-19-16)15-9-7-13(17)8-10-15/h2-11H,1H3. The Bertz CT molecular complexity index is 760. The van der Waals surface area contributed by atoms with Crippen LogP contribution in [0, 0.1) is 0 Å². The molecule has 0 aliphatic rings. The molecule has 0 aliphatic carbocycles. The Labute approximate surface area is 127 Å². The summed E-state index contributed by atoms with van der Waals surface area (Å²) in [4.78, 5) is 4.53. The van der Waals surface area contributed by atoms with E-state index in [2.05, 4.69) is 15.3 Å². The predicted octanol–water partition coefficient (Wildman–Crippen LogP) is 4.06. The summed E-state index contributed by atoms with van der Waals surface area (Å²) >= 11 is 5.88. The Hall–Kier alpha value is -2.46. The third-order valence-electron chi connectivity index (χ3n) is 3.01. The average Bonchev–Trinajstić information content (AvgIpc) is 2.99. The molecule has 21 heavy (non-hydrogen) atoms. The number of nitrogens with zero attached hydrogens (tertiary/aromatic N) is 4. The molecule has 0 spiro atoms. The number of aromatic nitrogens is 3. The topological polar surface area (TPSA) is 43.1 Å². The van der Waals surface area contributed by atoms with Crippen LogP contribution in [0.3, 0.4) is 0 Å². The van der Waals surface area contributed by atoms with Crippen molar-refractivity contribution in [2.45, 2.75) is 6.92 Å². The van der Waals surface area contributed by atoms with Gasteiger partial charge in [0.1, 0.15) is 5.69 Å². The molecule has 1 aromatic heterocycles. The molecule has 0 saturated carbocycles. The first-order valence-electron chi connectivity index (χ1n) is 6.51. The summed E-state index contributed by atoms with van der Waals surface area (Å²) in [6.07, 6.45) is 1.85. The van der Waals surface area contributed by atoms with E-state index in [0.717, 1.165) is 22.8 Å². The highest BCUT2D eigenvalue weighted by atomic mass is 35.5. The SMILES string of the molecule is CC(=Nc1ccccc1)c1cn(-c2ccc(Cl)cc2)nn1. The maximum absolute atomic E-state index is 5.88. The lowest BCUT2D eigenvalue weighted by Gasteiger charge is -1.99. The zero-order valence-electron chi connectivity index (χ0n) is 11.4. The Morgan fingerprint density at radius 2 is 1.76 bits per heavy atom. The molecular formula is C16H13ClN4. The molecule has 0 aliphatic heterocycles. The summed E-state index contributed by atoms with van der Waals surface area (Å²) in [5, 5.41) is 8.98. The van der Waals surface area contributed by atoms with Crippen molar-refractivity contribution in [3.8, 4) is 5.69 Å². The van der Waals surface area contributed by atoms with E-state index >= 15 is 0 Å². The van der Waals surface area contributed by atoms with Gasteiger partial charge in [-0.05, 0) is 43.3 Å². The van der Waals surface area contributed by atoms with Crippen molar-refractivity contribution in [3.05, 3.63) is 71.5 Å². The second kappa shape index (κ2) is 5.89. The molecule has 4 nitrogen and oxygen atoms in total. The minimum atomic E-state index is 0.695. The first-order valence-corrected chi connectivity index (χ1v) is 6.89. The van der Waals surface area contributed by atoms with Crippen LogP contribution in [-0.4, -0.2) is 20.7 Å². The average molecular weight is 297 g/mol. The molecule has 0 saturated heterocycles. The van der Waals surface area contributed by atoms with Crippen LogP contribution in [0.15, 0.2) is 65.8 Å². The van der Waals surface area contributed by atoms with Crippen molar-refractivity contribution in [2.75, 3.05) is 0 Å². The maximum Gasteiger partial charge on any atom is 0.127 e. The number of halogens is 1. The van der Waals surface area contributed by atoms with E-state index in [4.69, 9.17) is 11.6 Å². The van der Waals surface area contributed by atoms with Gasteiger partial charge in [0.2, 0.25) is 0 Å². The van der Waals surface area contributed by atoms with Crippen LogP contribution in [0.2, 0.25) is 5.02 Å². The third kappa shape index (κ3) is 3.17. The van der Waals surface area contributed by atoms with Crippen molar-refractivity contribution >= 4 is 23.0 Å². The van der Waals surface area contributed by atoms with Crippen molar-refractivity contribution in [3.63, 3.8) is 0 Å². The van der Waals surface area contributed by atoms with Gasteiger partial charge >= 0.3 is 0 Å². The molecule has 3 aromatic rings. The van der Waals surface area contributed by atoms with Gasteiger partial charge < -0.3 is 0 Å². The van der Waals surface area contributed by atoms with E-state index in [-0.39, 0.29) is 0 Å². The molecule has 5 heteroatoms. The Balaban J connectivity index is 1.88. The first kappa shape index (κ1) is 13.5. The largest absolute Gasteiger partial charge is 0.251 e. The van der Waals surface area contributed by atoms with E-state index in [1.807, 2.05) is 67.7 Å². The summed E-state index contributed by atoms with van der Waals surface area (Å²) in [5.74, 6) is 0. The van der Waals surface area contributed by atoms with Crippen LogP contribution in [0.5, 0.6) is 0 Å². The molecule has 0 fully saturated rings. The summed E-state index contributed by atoms with van der Waals surface area (Å²) < 4.78 is 1.70. The molecule has 1 heterocycles. The molecule has 0 unspecified atom stereocenters. The van der Waals surface area contributed by atoms with Gasteiger partial charge in [-0.15, -0.1) is 5.10 Å². The molecular weight excluding hydrogens is 284 g/mol. The van der Waals surface area contributed by atoms with Crippen LogP contribution in [0.1, 0.15) is 12.6 Å². The second-order valence-electron chi connectivity index (χ2n) is 4.56. The van der Waals surface area contributed by atoms with Crippen molar-refractivity contribution in [2.24, 2.45) is 4.99 Å². The van der Waals surface area contributed by atoms with Gasteiger partial charge in [0.25, 0.3) is 0 Å². The summed E-state index contributed by atoms with van der Waals surface area (Å²) in [6, 6.07) is 17.2. The molecule has 0 N–H and O–H groups in total. The zero-order valence-corrected chi connectivity index (χ0v) is 12.2. The number of rotatable bonds is 3. The summed E-state index contributed by atoms with van der Waals surface area (Å²) in [5.41, 5.74) is 3.37. The van der Waals surface area contributed by atoms with Gasteiger partial charge in [-0.1, -0.05) is 35.0 Å². The van der Waals surface area contributed by atoms with E-state index in [1.165, 1.54) is 0 Å². The first-order chi connectivity index (χ1) is 10.2. The van der Waals surface area contributed by atoms with Gasteiger partial charge in [0.15, 0.2) is 0 Å². The van der Waals surface area contributed by atoms with Crippen LogP contribution < -0.4 is 0 Å². The third-order valence-corrected chi connectivity index (χ3v) is 3.26. The Kier molecular flexibility index (Phi) is 3.79. The molecule has 0 bridgehead atoms. The van der Waals surface area contributed by atoms with E-state index in [0.29, 0.717) is 5.02 Å². The summed E-state index contributed by atoms with van der Waals surface area (Å²) in [7, 11) is 0. The van der Waals surface area contributed by atoms with Gasteiger partial charge in [-0.25, -0.2) is 4.68 Å². The lowest BCUT2D eigenvalue weighted by atomic mass is 10.3. The van der Waals surface area contributed by atoms with Gasteiger partial charge in [-0.2, -0.15) is 0 Å². The minimum Gasteiger partial charge on any atom is -0.251 e. The van der Waals surface area contributed by atoms with E-state index in [1.54, 1.807) is 4.68 Å². The smallest absolute Gasteiger partial charge is 0.127 e. The van der Waals surface area contributed by atoms with Crippen LogP contribution >= 0.6 is 11.6 Å². The molecule has 0 atom stereocenters. The van der Waals surface area contributed by atoms with Crippen molar-refractivity contribution in [1.29, 1.82) is 0 Å². The number of aliphatic imine (C=N–C) groups is 1. The fourth-order valence-corrected chi connectivity index (χ4v) is 2.03. The monoisotopic (exact) mass is 296 g/mol. The lowest BCUT2D eigenvalue weighted by molar-refractivity contribution is 0.802. The highest BCUT2D eigenvalue weighted by Gasteiger charge is 2.06. The maximum atomic E-state index is 5.88. The Morgan fingerprint density at radius 1 is 1.05 bits per heavy atom. The van der Waals surface area contributed by atoms with Crippen LogP contribution in [-0.2, 0) is 0 Å². The van der Waals surface area contributed by atoms with E-state index in [9.17, 15) is 0 Å². The molecule has 0 radical (unpaired) electrons. The second-order valence-corrected chi connectivity index (χ2v) is 4.99. The van der Waals surface area contributed by atoms with Crippen molar-refractivity contribution in [1.82, 2.24) is 15.0 Å². The van der Waals surface area contributed by atoms with Crippen LogP contribution in [0.25, 0.3) is 5.69 Å². The summed E-state index contributed by atoms with van der Waals surface area (Å²) in [6.45, 7) is 1.92. The molecule has 3 rings (SSSR count). The normalized spacial score (nSPS) is 11.6. The van der Waals surface area contributed by atoms with E-state index < -0.39 is 0 Å².